The minimum absolute atomic E-state index is 0.192. The molecule has 5 nitrogen and oxygen atoms in total. The van der Waals surface area contributed by atoms with Gasteiger partial charge in [0.05, 0.1) is 11.4 Å². The van der Waals surface area contributed by atoms with Crippen LogP contribution >= 0.6 is 11.6 Å². The minimum atomic E-state index is -3.51. The van der Waals surface area contributed by atoms with Crippen LogP contribution in [0.25, 0.3) is 0 Å². The Labute approximate surface area is 101 Å². The van der Waals surface area contributed by atoms with Crippen molar-refractivity contribution in [2.24, 2.45) is 0 Å². The van der Waals surface area contributed by atoms with Crippen LogP contribution in [-0.2, 0) is 10.0 Å². The Morgan fingerprint density at radius 1 is 1.50 bits per heavy atom. The number of aryl methyl sites for hydroxylation is 2. The van der Waals surface area contributed by atoms with E-state index in [1.54, 1.807) is 13.8 Å². The molecule has 7 heteroatoms. The number of sulfonamides is 1. The molecule has 0 spiro atoms. The van der Waals surface area contributed by atoms with E-state index in [1.165, 1.54) is 0 Å². The van der Waals surface area contributed by atoms with Crippen LogP contribution in [0.2, 0.25) is 0 Å². The summed E-state index contributed by atoms with van der Waals surface area (Å²) in [7, 11) is -3.51. The van der Waals surface area contributed by atoms with E-state index in [4.69, 9.17) is 11.6 Å². The Hall–Kier alpha value is -0.590. The molecule has 0 saturated heterocycles. The van der Waals surface area contributed by atoms with Crippen LogP contribution in [0.5, 0.6) is 0 Å². The first kappa shape index (κ1) is 13.5. The van der Waals surface area contributed by atoms with Crippen molar-refractivity contribution in [1.29, 1.82) is 0 Å². The fourth-order valence-electron chi connectivity index (χ4n) is 1.35. The van der Waals surface area contributed by atoms with Crippen LogP contribution in [0.1, 0.15) is 24.7 Å². The van der Waals surface area contributed by atoms with E-state index in [9.17, 15) is 8.42 Å². The molecule has 0 aliphatic rings. The fourth-order valence-corrected chi connectivity index (χ4v) is 2.97. The van der Waals surface area contributed by atoms with Crippen molar-refractivity contribution in [2.45, 2.75) is 37.5 Å². The third-order valence-corrected chi connectivity index (χ3v) is 4.42. The Bertz CT molecular complexity index is 436. The highest BCUT2D eigenvalue weighted by Crippen LogP contribution is 2.16. The number of hydrogen-bond donors (Lipinski definition) is 2. The number of aromatic amines is 1. The Balaban J connectivity index is 2.87. The molecule has 0 amide bonds. The number of rotatable bonds is 5. The van der Waals surface area contributed by atoms with Crippen molar-refractivity contribution in [1.82, 2.24) is 14.9 Å². The van der Waals surface area contributed by atoms with Gasteiger partial charge in [0.15, 0.2) is 0 Å². The molecule has 2 N–H and O–H groups in total. The van der Waals surface area contributed by atoms with Crippen LogP contribution in [0.3, 0.4) is 0 Å². The second-order valence-electron chi connectivity index (χ2n) is 3.62. The molecule has 0 bridgehead atoms. The molecule has 1 aromatic heterocycles. The summed E-state index contributed by atoms with van der Waals surface area (Å²) in [5.74, 6) is 0. The van der Waals surface area contributed by atoms with Gasteiger partial charge in [0.2, 0.25) is 10.0 Å². The Morgan fingerprint density at radius 2 is 2.12 bits per heavy atom. The van der Waals surface area contributed by atoms with E-state index in [2.05, 4.69) is 14.9 Å². The van der Waals surface area contributed by atoms with Crippen molar-refractivity contribution < 1.29 is 8.42 Å². The highest BCUT2D eigenvalue weighted by atomic mass is 35.5. The lowest BCUT2D eigenvalue weighted by atomic mass is 10.3. The number of alkyl halides is 1. The molecule has 92 valence electrons. The predicted molar refractivity (Wildman–Crippen MR) is 63.2 cm³/mol. The molecular weight excluding hydrogens is 250 g/mol. The van der Waals surface area contributed by atoms with Gasteiger partial charge in [-0.05, 0) is 20.3 Å². The third-order valence-electron chi connectivity index (χ3n) is 2.27. The average Bonchev–Trinajstić information content (AvgIpc) is 2.55. The molecule has 1 aromatic rings. The smallest absolute Gasteiger partial charge is 0.244 e. The highest BCUT2D eigenvalue weighted by molar-refractivity contribution is 7.89. The van der Waals surface area contributed by atoms with Gasteiger partial charge >= 0.3 is 0 Å². The third kappa shape index (κ3) is 2.96. The fraction of sp³-hybridized carbons (Fsp3) is 0.667. The summed E-state index contributed by atoms with van der Waals surface area (Å²) in [6.45, 7) is 5.45. The van der Waals surface area contributed by atoms with E-state index in [-0.39, 0.29) is 16.8 Å². The summed E-state index contributed by atoms with van der Waals surface area (Å²) in [5, 5.41) is 6.30. The van der Waals surface area contributed by atoms with Crippen LogP contribution in [-0.4, -0.2) is 30.5 Å². The SMILES string of the molecule is CCC(Cl)CNS(=O)(=O)c1c(C)n[nH]c1C. The number of hydrogen-bond acceptors (Lipinski definition) is 3. The normalized spacial score (nSPS) is 14.0. The molecule has 1 rings (SSSR count). The summed E-state index contributed by atoms with van der Waals surface area (Å²) < 4.78 is 26.3. The number of nitrogens with zero attached hydrogens (tertiary/aromatic N) is 1. The molecule has 16 heavy (non-hydrogen) atoms. The topological polar surface area (TPSA) is 74.8 Å². The first-order valence-electron chi connectivity index (χ1n) is 5.03. The lowest BCUT2D eigenvalue weighted by molar-refractivity contribution is 0.578. The summed E-state index contributed by atoms with van der Waals surface area (Å²) in [4.78, 5) is 0.215. The van der Waals surface area contributed by atoms with Gasteiger partial charge in [-0.25, -0.2) is 13.1 Å². The maximum Gasteiger partial charge on any atom is 0.244 e. The maximum atomic E-state index is 11.9. The van der Waals surface area contributed by atoms with Crippen LogP contribution in [0.4, 0.5) is 0 Å². The molecule has 0 fully saturated rings. The zero-order chi connectivity index (χ0) is 12.3. The molecule has 0 aliphatic heterocycles. The van der Waals surface area contributed by atoms with E-state index >= 15 is 0 Å². The molecular formula is C9H16ClN3O2S. The molecule has 0 saturated carbocycles. The molecule has 0 radical (unpaired) electrons. The van der Waals surface area contributed by atoms with Gasteiger partial charge in [0, 0.05) is 11.9 Å². The molecule has 1 atom stereocenters. The number of aromatic nitrogens is 2. The van der Waals surface area contributed by atoms with Crippen LogP contribution in [0, 0.1) is 13.8 Å². The zero-order valence-electron chi connectivity index (χ0n) is 9.54. The molecule has 1 unspecified atom stereocenters. The number of nitrogens with one attached hydrogen (secondary N) is 2. The van der Waals surface area contributed by atoms with Gasteiger partial charge in [-0.1, -0.05) is 6.92 Å². The van der Waals surface area contributed by atoms with Crippen LogP contribution in [0.15, 0.2) is 4.90 Å². The van der Waals surface area contributed by atoms with E-state index in [1.807, 2.05) is 6.92 Å². The van der Waals surface area contributed by atoms with Crippen molar-refractivity contribution in [3.05, 3.63) is 11.4 Å². The summed E-state index contributed by atoms with van der Waals surface area (Å²) in [6, 6.07) is 0. The minimum Gasteiger partial charge on any atom is -0.281 e. The monoisotopic (exact) mass is 265 g/mol. The van der Waals surface area contributed by atoms with Gasteiger partial charge < -0.3 is 0 Å². The van der Waals surface area contributed by atoms with Gasteiger partial charge in [-0.15, -0.1) is 11.6 Å². The van der Waals surface area contributed by atoms with Crippen LogP contribution < -0.4 is 4.72 Å². The first-order valence-corrected chi connectivity index (χ1v) is 6.95. The largest absolute Gasteiger partial charge is 0.281 e. The van der Waals surface area contributed by atoms with Gasteiger partial charge in [-0.3, -0.25) is 5.10 Å². The second-order valence-corrected chi connectivity index (χ2v) is 5.94. The Morgan fingerprint density at radius 3 is 2.56 bits per heavy atom. The maximum absolute atomic E-state index is 11.9. The average molecular weight is 266 g/mol. The molecule has 0 aromatic carbocycles. The predicted octanol–water partition coefficient (Wildman–Crippen LogP) is 1.32. The van der Waals surface area contributed by atoms with E-state index < -0.39 is 10.0 Å². The summed E-state index contributed by atoms with van der Waals surface area (Å²) >= 11 is 5.86. The number of H-pyrrole nitrogens is 1. The lowest BCUT2D eigenvalue weighted by Gasteiger charge is -2.09. The second kappa shape index (κ2) is 5.16. The first-order chi connectivity index (χ1) is 7.38. The van der Waals surface area contributed by atoms with Gasteiger partial charge in [0.25, 0.3) is 0 Å². The van der Waals surface area contributed by atoms with E-state index in [0.717, 1.165) is 0 Å². The van der Waals surface area contributed by atoms with Crippen molar-refractivity contribution in [3.8, 4) is 0 Å². The standard InChI is InChI=1S/C9H16ClN3O2S/c1-4-8(10)5-11-16(14,15)9-6(2)12-13-7(9)3/h8,11H,4-5H2,1-3H3,(H,12,13). The zero-order valence-corrected chi connectivity index (χ0v) is 11.1. The highest BCUT2D eigenvalue weighted by Gasteiger charge is 2.22. The van der Waals surface area contributed by atoms with Crippen molar-refractivity contribution in [2.75, 3.05) is 6.54 Å². The summed E-state index contributed by atoms with van der Waals surface area (Å²) in [6.07, 6.45) is 0.716. The van der Waals surface area contributed by atoms with Crippen molar-refractivity contribution in [3.63, 3.8) is 0 Å². The van der Waals surface area contributed by atoms with Gasteiger partial charge in [-0.2, -0.15) is 5.10 Å². The number of halogens is 1. The van der Waals surface area contributed by atoms with Crippen molar-refractivity contribution >= 4 is 21.6 Å². The molecule has 0 aliphatic carbocycles. The Kier molecular flexibility index (Phi) is 4.35. The summed E-state index contributed by atoms with van der Waals surface area (Å²) in [5.41, 5.74) is 1.00. The lowest BCUT2D eigenvalue weighted by Crippen LogP contribution is -2.30. The molecule has 1 heterocycles. The quantitative estimate of drug-likeness (QED) is 0.789. The van der Waals surface area contributed by atoms with E-state index in [0.29, 0.717) is 17.8 Å². The van der Waals surface area contributed by atoms with Gasteiger partial charge in [0.1, 0.15) is 4.90 Å².